The highest BCUT2D eigenvalue weighted by Crippen LogP contribution is 2.36. The van der Waals surface area contributed by atoms with Crippen molar-refractivity contribution in [2.75, 3.05) is 0 Å². The standard InChI is InChI=1S/C13H23N3O/c1-4-5-11-6-7-12(17)8-13(11)16-10(3)14-9(2)15-16/h11-13,17H,4-8H2,1-3H3. The lowest BCUT2D eigenvalue weighted by atomic mass is 9.80. The molecule has 0 aromatic carbocycles. The van der Waals surface area contributed by atoms with Crippen LogP contribution in [0.4, 0.5) is 0 Å². The third-order valence-corrected chi connectivity index (χ3v) is 3.81. The van der Waals surface area contributed by atoms with Gasteiger partial charge in [-0.15, -0.1) is 0 Å². The minimum absolute atomic E-state index is 0.169. The van der Waals surface area contributed by atoms with E-state index >= 15 is 0 Å². The first-order valence-corrected chi connectivity index (χ1v) is 6.69. The molecule has 0 bridgehead atoms. The van der Waals surface area contributed by atoms with Gasteiger partial charge in [-0.3, -0.25) is 0 Å². The Hall–Kier alpha value is -0.900. The molecule has 3 unspecified atom stereocenters. The van der Waals surface area contributed by atoms with Crippen molar-refractivity contribution in [1.29, 1.82) is 0 Å². The Morgan fingerprint density at radius 1 is 1.35 bits per heavy atom. The van der Waals surface area contributed by atoms with Crippen LogP contribution in [0, 0.1) is 19.8 Å². The van der Waals surface area contributed by atoms with Gasteiger partial charge in [0.05, 0.1) is 12.1 Å². The van der Waals surface area contributed by atoms with Gasteiger partial charge in [0.2, 0.25) is 0 Å². The highest BCUT2D eigenvalue weighted by molar-refractivity contribution is 4.94. The summed E-state index contributed by atoms with van der Waals surface area (Å²) in [6.07, 6.45) is 5.12. The second kappa shape index (κ2) is 5.17. The predicted molar refractivity (Wildman–Crippen MR) is 66.8 cm³/mol. The molecular weight excluding hydrogens is 214 g/mol. The van der Waals surface area contributed by atoms with Gasteiger partial charge in [-0.2, -0.15) is 5.10 Å². The van der Waals surface area contributed by atoms with Gasteiger partial charge in [0, 0.05) is 0 Å². The quantitative estimate of drug-likeness (QED) is 0.878. The first-order valence-electron chi connectivity index (χ1n) is 6.69. The number of hydrogen-bond donors (Lipinski definition) is 1. The molecule has 4 nitrogen and oxygen atoms in total. The monoisotopic (exact) mass is 237 g/mol. The summed E-state index contributed by atoms with van der Waals surface area (Å²) in [4.78, 5) is 4.38. The van der Waals surface area contributed by atoms with E-state index in [1.807, 2.05) is 18.5 Å². The summed E-state index contributed by atoms with van der Waals surface area (Å²) in [5, 5.41) is 14.4. The zero-order chi connectivity index (χ0) is 12.4. The van der Waals surface area contributed by atoms with Crippen molar-refractivity contribution in [2.45, 2.75) is 65.0 Å². The lowest BCUT2D eigenvalue weighted by Crippen LogP contribution is -2.31. The smallest absolute Gasteiger partial charge is 0.147 e. The lowest BCUT2D eigenvalue weighted by molar-refractivity contribution is 0.0639. The van der Waals surface area contributed by atoms with Gasteiger partial charge in [-0.1, -0.05) is 13.3 Å². The van der Waals surface area contributed by atoms with E-state index in [0.717, 1.165) is 30.9 Å². The molecule has 1 heterocycles. The molecule has 1 aromatic rings. The summed E-state index contributed by atoms with van der Waals surface area (Å²) in [6, 6.07) is 0.333. The van der Waals surface area contributed by atoms with Crippen LogP contribution in [0.5, 0.6) is 0 Å². The predicted octanol–water partition coefficient (Wildman–Crippen LogP) is 2.40. The van der Waals surface area contributed by atoms with Crippen LogP contribution in [0.15, 0.2) is 0 Å². The molecule has 96 valence electrons. The van der Waals surface area contributed by atoms with Crippen molar-refractivity contribution in [3.8, 4) is 0 Å². The van der Waals surface area contributed by atoms with Crippen molar-refractivity contribution in [3.63, 3.8) is 0 Å². The van der Waals surface area contributed by atoms with E-state index in [1.54, 1.807) is 0 Å². The highest BCUT2D eigenvalue weighted by Gasteiger charge is 2.31. The molecule has 2 rings (SSSR count). The SMILES string of the molecule is CCCC1CCC(O)CC1n1nc(C)nc1C. The fraction of sp³-hybridized carbons (Fsp3) is 0.846. The third-order valence-electron chi connectivity index (χ3n) is 3.81. The maximum atomic E-state index is 9.86. The fourth-order valence-electron chi connectivity index (χ4n) is 3.05. The van der Waals surface area contributed by atoms with Crippen LogP contribution < -0.4 is 0 Å². The van der Waals surface area contributed by atoms with E-state index in [0.29, 0.717) is 12.0 Å². The van der Waals surface area contributed by atoms with Gasteiger partial charge in [0.15, 0.2) is 0 Å². The van der Waals surface area contributed by atoms with Crippen LogP contribution in [0.2, 0.25) is 0 Å². The van der Waals surface area contributed by atoms with E-state index in [-0.39, 0.29) is 6.10 Å². The maximum absolute atomic E-state index is 9.86. The van der Waals surface area contributed by atoms with E-state index in [1.165, 1.54) is 12.8 Å². The Morgan fingerprint density at radius 3 is 2.71 bits per heavy atom. The molecule has 1 N–H and O–H groups in total. The van der Waals surface area contributed by atoms with E-state index in [2.05, 4.69) is 17.0 Å². The summed E-state index contributed by atoms with van der Waals surface area (Å²) in [6.45, 7) is 6.16. The molecule has 1 saturated carbocycles. The van der Waals surface area contributed by atoms with Crippen molar-refractivity contribution in [3.05, 3.63) is 11.6 Å². The van der Waals surface area contributed by atoms with Crippen molar-refractivity contribution >= 4 is 0 Å². The van der Waals surface area contributed by atoms with Gasteiger partial charge in [0.1, 0.15) is 11.6 Å². The van der Waals surface area contributed by atoms with Crippen LogP contribution in [-0.2, 0) is 0 Å². The number of nitrogens with zero attached hydrogens (tertiary/aromatic N) is 3. The molecule has 1 aliphatic rings. The lowest BCUT2D eigenvalue weighted by Gasteiger charge is -2.34. The Morgan fingerprint density at radius 2 is 2.12 bits per heavy atom. The molecule has 0 spiro atoms. The van der Waals surface area contributed by atoms with Gasteiger partial charge >= 0.3 is 0 Å². The topological polar surface area (TPSA) is 50.9 Å². The van der Waals surface area contributed by atoms with Crippen molar-refractivity contribution in [1.82, 2.24) is 14.8 Å². The molecule has 1 aliphatic carbocycles. The van der Waals surface area contributed by atoms with Crippen LogP contribution >= 0.6 is 0 Å². The summed E-state index contributed by atoms with van der Waals surface area (Å²) in [7, 11) is 0. The number of aliphatic hydroxyl groups excluding tert-OH is 1. The Kier molecular flexibility index (Phi) is 3.82. The molecule has 3 atom stereocenters. The Labute approximate surface area is 103 Å². The molecular formula is C13H23N3O. The molecule has 0 amide bonds. The van der Waals surface area contributed by atoms with E-state index < -0.39 is 0 Å². The van der Waals surface area contributed by atoms with Gasteiger partial charge in [-0.05, 0) is 45.4 Å². The Balaban J connectivity index is 2.22. The highest BCUT2D eigenvalue weighted by atomic mass is 16.3. The molecule has 17 heavy (non-hydrogen) atoms. The normalized spacial score (nSPS) is 29.5. The zero-order valence-electron chi connectivity index (χ0n) is 11.1. The largest absolute Gasteiger partial charge is 0.393 e. The molecule has 0 aliphatic heterocycles. The van der Waals surface area contributed by atoms with Crippen LogP contribution in [0.3, 0.4) is 0 Å². The summed E-state index contributed by atoms with van der Waals surface area (Å²) in [5.74, 6) is 2.45. The first-order chi connectivity index (χ1) is 8.11. The number of rotatable bonds is 3. The average molecular weight is 237 g/mol. The van der Waals surface area contributed by atoms with Crippen LogP contribution in [0.25, 0.3) is 0 Å². The van der Waals surface area contributed by atoms with Gasteiger partial charge < -0.3 is 5.11 Å². The molecule has 0 radical (unpaired) electrons. The summed E-state index contributed by atoms with van der Waals surface area (Å²) >= 11 is 0. The van der Waals surface area contributed by atoms with Gasteiger partial charge in [0.25, 0.3) is 0 Å². The minimum Gasteiger partial charge on any atom is -0.393 e. The third kappa shape index (κ3) is 2.68. The zero-order valence-corrected chi connectivity index (χ0v) is 11.1. The second-order valence-corrected chi connectivity index (χ2v) is 5.23. The molecule has 4 heteroatoms. The molecule has 1 aromatic heterocycles. The fourth-order valence-corrected chi connectivity index (χ4v) is 3.05. The van der Waals surface area contributed by atoms with Crippen molar-refractivity contribution < 1.29 is 5.11 Å². The number of aryl methyl sites for hydroxylation is 2. The van der Waals surface area contributed by atoms with Gasteiger partial charge in [-0.25, -0.2) is 9.67 Å². The van der Waals surface area contributed by atoms with E-state index in [4.69, 9.17) is 0 Å². The first kappa shape index (κ1) is 12.6. The molecule has 0 saturated heterocycles. The Bertz CT molecular complexity index is 375. The summed E-state index contributed by atoms with van der Waals surface area (Å²) < 4.78 is 2.04. The maximum Gasteiger partial charge on any atom is 0.147 e. The molecule has 1 fully saturated rings. The van der Waals surface area contributed by atoms with Crippen LogP contribution in [-0.4, -0.2) is 26.0 Å². The average Bonchev–Trinajstić information content (AvgIpc) is 2.61. The number of aliphatic hydroxyl groups is 1. The second-order valence-electron chi connectivity index (χ2n) is 5.23. The number of hydrogen-bond acceptors (Lipinski definition) is 3. The van der Waals surface area contributed by atoms with Crippen molar-refractivity contribution in [2.24, 2.45) is 5.92 Å². The van der Waals surface area contributed by atoms with Crippen LogP contribution in [0.1, 0.15) is 56.7 Å². The minimum atomic E-state index is -0.169. The summed E-state index contributed by atoms with van der Waals surface area (Å²) in [5.41, 5.74) is 0. The number of aromatic nitrogens is 3. The van der Waals surface area contributed by atoms with E-state index in [9.17, 15) is 5.11 Å².